The van der Waals surface area contributed by atoms with E-state index in [1.807, 2.05) is 17.8 Å². The lowest BCUT2D eigenvalue weighted by Crippen LogP contribution is -2.12. The Bertz CT molecular complexity index is 550. The summed E-state index contributed by atoms with van der Waals surface area (Å²) in [4.78, 5) is 8.31. The van der Waals surface area contributed by atoms with Crippen LogP contribution in [0.2, 0.25) is 5.15 Å². The standard InChI is InChI=1S/C13H18ClN5/c1-9(2)11-12(14)16-8-17-13(11)15-6-4-10-5-7-18-19(10)3/h5,7-9H,4,6H2,1-3H3,(H,15,16,17). The summed E-state index contributed by atoms with van der Waals surface area (Å²) in [6.45, 7) is 4.94. The normalized spacial score (nSPS) is 11.0. The smallest absolute Gasteiger partial charge is 0.138 e. The number of aromatic nitrogens is 4. The molecule has 0 saturated heterocycles. The Labute approximate surface area is 118 Å². The molecule has 0 spiro atoms. The van der Waals surface area contributed by atoms with Crippen molar-refractivity contribution in [3.63, 3.8) is 0 Å². The molecule has 0 amide bonds. The minimum atomic E-state index is 0.285. The zero-order valence-corrected chi connectivity index (χ0v) is 12.1. The van der Waals surface area contributed by atoms with Crippen molar-refractivity contribution >= 4 is 17.4 Å². The molecule has 0 unspecified atom stereocenters. The average molecular weight is 280 g/mol. The molecule has 0 aliphatic heterocycles. The quantitative estimate of drug-likeness (QED) is 0.855. The van der Waals surface area contributed by atoms with Gasteiger partial charge < -0.3 is 5.32 Å². The van der Waals surface area contributed by atoms with Crippen LogP contribution in [0.1, 0.15) is 31.0 Å². The fourth-order valence-corrected chi connectivity index (χ4v) is 2.33. The van der Waals surface area contributed by atoms with E-state index in [0.29, 0.717) is 5.15 Å². The first kappa shape index (κ1) is 13.8. The molecule has 0 aliphatic carbocycles. The Morgan fingerprint density at radius 2 is 2.16 bits per heavy atom. The number of hydrogen-bond donors (Lipinski definition) is 1. The zero-order chi connectivity index (χ0) is 13.8. The Kier molecular flexibility index (Phi) is 4.37. The van der Waals surface area contributed by atoms with E-state index in [0.717, 1.165) is 24.3 Å². The van der Waals surface area contributed by atoms with Gasteiger partial charge in [-0.25, -0.2) is 9.97 Å². The summed E-state index contributed by atoms with van der Waals surface area (Å²) in [5, 5.41) is 7.99. The first-order chi connectivity index (χ1) is 9.09. The minimum Gasteiger partial charge on any atom is -0.369 e. The molecular formula is C13H18ClN5. The van der Waals surface area contributed by atoms with Gasteiger partial charge in [0.2, 0.25) is 0 Å². The van der Waals surface area contributed by atoms with E-state index in [-0.39, 0.29) is 5.92 Å². The molecule has 2 heterocycles. The van der Waals surface area contributed by atoms with E-state index in [1.165, 1.54) is 12.0 Å². The van der Waals surface area contributed by atoms with Gasteiger partial charge in [-0.2, -0.15) is 5.10 Å². The Morgan fingerprint density at radius 3 is 2.79 bits per heavy atom. The number of hydrogen-bond acceptors (Lipinski definition) is 4. The van der Waals surface area contributed by atoms with Crippen LogP contribution in [-0.4, -0.2) is 26.3 Å². The molecule has 6 heteroatoms. The van der Waals surface area contributed by atoms with Crippen molar-refractivity contribution < 1.29 is 0 Å². The molecule has 0 aromatic carbocycles. The van der Waals surface area contributed by atoms with Crippen LogP contribution in [0.5, 0.6) is 0 Å². The molecule has 2 rings (SSSR count). The van der Waals surface area contributed by atoms with Gasteiger partial charge in [-0.3, -0.25) is 4.68 Å². The van der Waals surface area contributed by atoms with Crippen LogP contribution >= 0.6 is 11.6 Å². The van der Waals surface area contributed by atoms with Crippen molar-refractivity contribution in [2.24, 2.45) is 7.05 Å². The zero-order valence-electron chi connectivity index (χ0n) is 11.4. The van der Waals surface area contributed by atoms with E-state index in [4.69, 9.17) is 11.6 Å². The van der Waals surface area contributed by atoms with Crippen molar-refractivity contribution in [1.82, 2.24) is 19.7 Å². The van der Waals surface area contributed by atoms with Gasteiger partial charge in [0.05, 0.1) is 0 Å². The highest BCUT2D eigenvalue weighted by Crippen LogP contribution is 2.27. The van der Waals surface area contributed by atoms with Crippen LogP contribution in [0.15, 0.2) is 18.6 Å². The van der Waals surface area contributed by atoms with Crippen LogP contribution in [0.25, 0.3) is 0 Å². The summed E-state index contributed by atoms with van der Waals surface area (Å²) in [5.41, 5.74) is 2.15. The third-order valence-corrected chi connectivity index (χ3v) is 3.31. The van der Waals surface area contributed by atoms with Crippen molar-refractivity contribution in [3.05, 3.63) is 35.0 Å². The predicted octanol–water partition coefficient (Wildman–Crippen LogP) is 2.64. The molecule has 0 bridgehead atoms. The molecule has 2 aromatic rings. The molecule has 0 fully saturated rings. The lowest BCUT2D eigenvalue weighted by molar-refractivity contribution is 0.710. The molecule has 19 heavy (non-hydrogen) atoms. The van der Waals surface area contributed by atoms with Gasteiger partial charge in [-0.05, 0) is 12.0 Å². The second-order valence-electron chi connectivity index (χ2n) is 4.70. The monoisotopic (exact) mass is 279 g/mol. The van der Waals surface area contributed by atoms with E-state index in [1.54, 1.807) is 6.20 Å². The molecule has 0 radical (unpaired) electrons. The minimum absolute atomic E-state index is 0.285. The number of nitrogens with zero attached hydrogens (tertiary/aromatic N) is 4. The summed E-state index contributed by atoms with van der Waals surface area (Å²) in [6.07, 6.45) is 4.17. The summed E-state index contributed by atoms with van der Waals surface area (Å²) >= 11 is 6.12. The van der Waals surface area contributed by atoms with E-state index in [9.17, 15) is 0 Å². The maximum atomic E-state index is 6.12. The lowest BCUT2D eigenvalue weighted by atomic mass is 10.1. The Hall–Kier alpha value is -1.62. The van der Waals surface area contributed by atoms with Crippen LogP contribution in [0.4, 0.5) is 5.82 Å². The van der Waals surface area contributed by atoms with Gasteiger partial charge in [-0.1, -0.05) is 25.4 Å². The number of rotatable bonds is 5. The maximum absolute atomic E-state index is 6.12. The van der Waals surface area contributed by atoms with Gasteiger partial charge in [-0.15, -0.1) is 0 Å². The highest BCUT2D eigenvalue weighted by Gasteiger charge is 2.13. The molecule has 2 aromatic heterocycles. The third-order valence-electron chi connectivity index (χ3n) is 3.01. The maximum Gasteiger partial charge on any atom is 0.138 e. The highest BCUT2D eigenvalue weighted by molar-refractivity contribution is 6.30. The molecule has 102 valence electrons. The number of anilines is 1. The number of halogens is 1. The topological polar surface area (TPSA) is 55.6 Å². The van der Waals surface area contributed by atoms with Crippen molar-refractivity contribution in [3.8, 4) is 0 Å². The molecule has 0 saturated carbocycles. The summed E-state index contributed by atoms with van der Waals surface area (Å²) < 4.78 is 1.87. The van der Waals surface area contributed by atoms with Gasteiger partial charge in [0, 0.05) is 37.5 Å². The van der Waals surface area contributed by atoms with Crippen molar-refractivity contribution in [1.29, 1.82) is 0 Å². The first-order valence-electron chi connectivity index (χ1n) is 6.30. The lowest BCUT2D eigenvalue weighted by Gasteiger charge is -2.14. The molecular weight excluding hydrogens is 262 g/mol. The van der Waals surface area contributed by atoms with Crippen molar-refractivity contribution in [2.45, 2.75) is 26.2 Å². The molecule has 0 aliphatic rings. The SMILES string of the molecule is CC(C)c1c(Cl)ncnc1NCCc1ccnn1C. The average Bonchev–Trinajstić information content (AvgIpc) is 2.75. The first-order valence-corrected chi connectivity index (χ1v) is 6.68. The van der Waals surface area contributed by atoms with Crippen LogP contribution < -0.4 is 5.32 Å². The Morgan fingerprint density at radius 1 is 1.37 bits per heavy atom. The largest absolute Gasteiger partial charge is 0.369 e. The molecule has 0 atom stereocenters. The second-order valence-corrected chi connectivity index (χ2v) is 5.06. The highest BCUT2D eigenvalue weighted by atomic mass is 35.5. The molecule has 1 N–H and O–H groups in total. The summed E-state index contributed by atoms with van der Waals surface area (Å²) in [7, 11) is 1.94. The number of nitrogens with one attached hydrogen (secondary N) is 1. The van der Waals surface area contributed by atoms with Gasteiger partial charge in [0.1, 0.15) is 17.3 Å². The summed E-state index contributed by atoms with van der Waals surface area (Å²) in [5.74, 6) is 1.10. The van der Waals surface area contributed by atoms with Crippen molar-refractivity contribution in [2.75, 3.05) is 11.9 Å². The fourth-order valence-electron chi connectivity index (χ4n) is 1.98. The van der Waals surface area contributed by atoms with Crippen LogP contribution in [-0.2, 0) is 13.5 Å². The second kappa shape index (κ2) is 6.02. The van der Waals surface area contributed by atoms with E-state index in [2.05, 4.69) is 34.2 Å². The predicted molar refractivity (Wildman–Crippen MR) is 76.5 cm³/mol. The van der Waals surface area contributed by atoms with Crippen LogP contribution in [0, 0.1) is 0 Å². The summed E-state index contributed by atoms with van der Waals surface area (Å²) in [6, 6.07) is 2.01. The van der Waals surface area contributed by atoms with Gasteiger partial charge in [0.15, 0.2) is 0 Å². The van der Waals surface area contributed by atoms with Gasteiger partial charge >= 0.3 is 0 Å². The fraction of sp³-hybridized carbons (Fsp3) is 0.462. The number of aryl methyl sites for hydroxylation is 1. The van der Waals surface area contributed by atoms with Crippen LogP contribution in [0.3, 0.4) is 0 Å². The molecule has 5 nitrogen and oxygen atoms in total. The van der Waals surface area contributed by atoms with E-state index >= 15 is 0 Å². The van der Waals surface area contributed by atoms with E-state index < -0.39 is 0 Å². The Balaban J connectivity index is 2.04. The van der Waals surface area contributed by atoms with Gasteiger partial charge in [0.25, 0.3) is 0 Å². The third kappa shape index (κ3) is 3.23.